The zero-order valence-corrected chi connectivity index (χ0v) is 14.5. The Morgan fingerprint density at radius 3 is 2.29 bits per heavy atom. The number of nitrogens with one attached hydrogen (secondary N) is 1. The molecular formula is C18H26N2O4. The molecule has 0 aliphatic rings. The first-order valence-electron chi connectivity index (χ1n) is 8.02. The van der Waals surface area contributed by atoms with Gasteiger partial charge in [-0.1, -0.05) is 30.3 Å². The van der Waals surface area contributed by atoms with Crippen molar-refractivity contribution >= 4 is 17.8 Å². The largest absolute Gasteiger partial charge is 0.481 e. The summed E-state index contributed by atoms with van der Waals surface area (Å²) in [5.41, 5.74) is 0.422. The fourth-order valence-electron chi connectivity index (χ4n) is 2.31. The molecule has 0 aliphatic heterocycles. The van der Waals surface area contributed by atoms with Gasteiger partial charge in [-0.25, -0.2) is 0 Å². The summed E-state index contributed by atoms with van der Waals surface area (Å²) >= 11 is 0. The summed E-state index contributed by atoms with van der Waals surface area (Å²) in [6.07, 6.45) is 0.540. The molecule has 0 fully saturated rings. The van der Waals surface area contributed by atoms with Crippen molar-refractivity contribution in [3.8, 4) is 0 Å². The molecular weight excluding hydrogens is 308 g/mol. The quantitative estimate of drug-likeness (QED) is 0.725. The van der Waals surface area contributed by atoms with E-state index in [1.165, 1.54) is 6.92 Å². The number of nitrogens with zero attached hydrogens (tertiary/aromatic N) is 1. The van der Waals surface area contributed by atoms with Crippen molar-refractivity contribution in [3.05, 3.63) is 35.9 Å². The molecule has 2 N–H and O–H groups in total. The molecule has 24 heavy (non-hydrogen) atoms. The second-order valence-corrected chi connectivity index (χ2v) is 6.50. The minimum absolute atomic E-state index is 0.000851. The lowest BCUT2D eigenvalue weighted by Crippen LogP contribution is -2.45. The highest BCUT2D eigenvalue weighted by Gasteiger charge is 2.22. The second-order valence-electron chi connectivity index (χ2n) is 6.50. The van der Waals surface area contributed by atoms with E-state index in [0.717, 1.165) is 5.56 Å². The standard InChI is InChI=1S/C18H26N2O4/c1-14(21)20(13-15-7-5-4-6-8-15)12-10-16(22)19-18(2,3)11-9-17(23)24/h4-8H,9-13H2,1-3H3,(H,19,22)(H,23,24). The minimum atomic E-state index is -0.886. The maximum atomic E-state index is 12.1. The van der Waals surface area contributed by atoms with Gasteiger partial charge >= 0.3 is 5.97 Å². The van der Waals surface area contributed by atoms with Crippen LogP contribution in [0.2, 0.25) is 0 Å². The number of carbonyl (C=O) groups is 3. The van der Waals surface area contributed by atoms with E-state index in [1.54, 1.807) is 18.7 Å². The van der Waals surface area contributed by atoms with Gasteiger partial charge in [0.05, 0.1) is 0 Å². The molecule has 0 aromatic heterocycles. The van der Waals surface area contributed by atoms with Crippen LogP contribution in [-0.2, 0) is 20.9 Å². The van der Waals surface area contributed by atoms with Crippen LogP contribution in [0.5, 0.6) is 0 Å². The first-order valence-corrected chi connectivity index (χ1v) is 8.02. The molecule has 0 spiro atoms. The average molecular weight is 334 g/mol. The third-order valence-corrected chi connectivity index (χ3v) is 3.71. The van der Waals surface area contributed by atoms with Crippen LogP contribution in [0.4, 0.5) is 0 Å². The number of carboxylic acids is 1. The van der Waals surface area contributed by atoms with Gasteiger partial charge in [-0.2, -0.15) is 0 Å². The van der Waals surface area contributed by atoms with Crippen LogP contribution >= 0.6 is 0 Å². The number of benzene rings is 1. The molecule has 0 aliphatic carbocycles. The van der Waals surface area contributed by atoms with Crippen molar-refractivity contribution in [1.29, 1.82) is 0 Å². The topological polar surface area (TPSA) is 86.7 Å². The summed E-state index contributed by atoms with van der Waals surface area (Å²) in [5.74, 6) is -1.16. The first kappa shape index (κ1) is 19.7. The maximum Gasteiger partial charge on any atom is 0.303 e. The summed E-state index contributed by atoms with van der Waals surface area (Å²) in [7, 11) is 0. The van der Waals surface area contributed by atoms with E-state index in [1.807, 2.05) is 30.3 Å². The van der Waals surface area contributed by atoms with Gasteiger partial charge in [0.2, 0.25) is 11.8 Å². The van der Waals surface area contributed by atoms with E-state index >= 15 is 0 Å². The van der Waals surface area contributed by atoms with E-state index in [-0.39, 0.29) is 24.7 Å². The molecule has 0 unspecified atom stereocenters. The highest BCUT2D eigenvalue weighted by Crippen LogP contribution is 2.12. The van der Waals surface area contributed by atoms with Crippen LogP contribution < -0.4 is 5.32 Å². The Kier molecular flexibility index (Phi) is 7.42. The molecule has 0 radical (unpaired) electrons. The molecule has 0 heterocycles. The van der Waals surface area contributed by atoms with E-state index < -0.39 is 11.5 Å². The Balaban J connectivity index is 2.50. The Labute approximate surface area is 142 Å². The van der Waals surface area contributed by atoms with E-state index in [4.69, 9.17) is 5.11 Å². The van der Waals surface area contributed by atoms with Crippen LogP contribution in [0, 0.1) is 0 Å². The number of hydrogen-bond donors (Lipinski definition) is 2. The van der Waals surface area contributed by atoms with Gasteiger partial charge < -0.3 is 15.3 Å². The number of amides is 2. The first-order chi connectivity index (χ1) is 11.2. The fourth-order valence-corrected chi connectivity index (χ4v) is 2.31. The van der Waals surface area contributed by atoms with Gasteiger partial charge in [-0.05, 0) is 25.8 Å². The molecule has 1 aromatic rings. The molecule has 2 amide bonds. The van der Waals surface area contributed by atoms with Crippen molar-refractivity contribution in [2.45, 2.75) is 52.1 Å². The molecule has 6 heteroatoms. The Morgan fingerprint density at radius 1 is 1.12 bits per heavy atom. The number of hydrogen-bond acceptors (Lipinski definition) is 3. The van der Waals surface area contributed by atoms with Crippen molar-refractivity contribution in [2.75, 3.05) is 6.54 Å². The summed E-state index contributed by atoms with van der Waals surface area (Å²) in [6, 6.07) is 9.60. The predicted octanol–water partition coefficient (Wildman–Crippen LogP) is 2.18. The molecule has 1 rings (SSSR count). The van der Waals surface area contributed by atoms with Gasteiger partial charge in [0, 0.05) is 38.4 Å². The number of carboxylic acid groups (broad SMARTS) is 1. The normalized spacial score (nSPS) is 11.0. The summed E-state index contributed by atoms with van der Waals surface area (Å²) in [5, 5.41) is 11.6. The number of carbonyl (C=O) groups excluding carboxylic acids is 2. The van der Waals surface area contributed by atoms with Crippen LogP contribution in [0.3, 0.4) is 0 Å². The summed E-state index contributed by atoms with van der Waals surface area (Å²) in [6.45, 7) is 5.86. The maximum absolute atomic E-state index is 12.1. The molecule has 1 aromatic carbocycles. The zero-order valence-electron chi connectivity index (χ0n) is 14.5. The van der Waals surface area contributed by atoms with Crippen molar-refractivity contribution in [1.82, 2.24) is 10.2 Å². The lowest BCUT2D eigenvalue weighted by Gasteiger charge is -2.27. The number of aliphatic carboxylic acids is 1. The predicted molar refractivity (Wildman–Crippen MR) is 91.2 cm³/mol. The van der Waals surface area contributed by atoms with Gasteiger partial charge in [0.1, 0.15) is 0 Å². The van der Waals surface area contributed by atoms with Gasteiger partial charge in [0.25, 0.3) is 0 Å². The molecule has 0 bridgehead atoms. The summed E-state index contributed by atoms with van der Waals surface area (Å²) < 4.78 is 0. The van der Waals surface area contributed by atoms with Gasteiger partial charge in [-0.15, -0.1) is 0 Å². The highest BCUT2D eigenvalue weighted by molar-refractivity contribution is 5.78. The molecule has 0 atom stereocenters. The third kappa shape index (κ3) is 7.76. The molecule has 6 nitrogen and oxygen atoms in total. The van der Waals surface area contributed by atoms with E-state index in [0.29, 0.717) is 19.5 Å². The summed E-state index contributed by atoms with van der Waals surface area (Å²) in [4.78, 5) is 36.1. The number of rotatable bonds is 9. The molecule has 132 valence electrons. The third-order valence-electron chi connectivity index (χ3n) is 3.71. The van der Waals surface area contributed by atoms with Crippen LogP contribution in [-0.4, -0.2) is 39.9 Å². The van der Waals surface area contributed by atoms with Gasteiger partial charge in [-0.3, -0.25) is 14.4 Å². The lowest BCUT2D eigenvalue weighted by atomic mass is 9.98. The smallest absolute Gasteiger partial charge is 0.303 e. The van der Waals surface area contributed by atoms with Crippen molar-refractivity contribution < 1.29 is 19.5 Å². The lowest BCUT2D eigenvalue weighted by molar-refractivity contribution is -0.138. The van der Waals surface area contributed by atoms with Crippen molar-refractivity contribution in [2.24, 2.45) is 0 Å². The molecule has 0 saturated heterocycles. The fraction of sp³-hybridized carbons (Fsp3) is 0.500. The Hall–Kier alpha value is -2.37. The monoisotopic (exact) mass is 334 g/mol. The van der Waals surface area contributed by atoms with E-state index in [2.05, 4.69) is 5.32 Å². The van der Waals surface area contributed by atoms with Crippen LogP contribution in [0.1, 0.15) is 45.6 Å². The van der Waals surface area contributed by atoms with E-state index in [9.17, 15) is 14.4 Å². The zero-order chi connectivity index (χ0) is 18.2. The van der Waals surface area contributed by atoms with Crippen LogP contribution in [0.15, 0.2) is 30.3 Å². The molecule has 0 saturated carbocycles. The Bertz CT molecular complexity index is 570. The SMILES string of the molecule is CC(=O)N(CCC(=O)NC(C)(C)CCC(=O)O)Cc1ccccc1. The minimum Gasteiger partial charge on any atom is -0.481 e. The highest BCUT2D eigenvalue weighted by atomic mass is 16.4. The average Bonchev–Trinajstić information content (AvgIpc) is 2.50. The second kappa shape index (κ2) is 9.05. The van der Waals surface area contributed by atoms with Crippen molar-refractivity contribution in [3.63, 3.8) is 0 Å². The Morgan fingerprint density at radius 2 is 1.75 bits per heavy atom. The van der Waals surface area contributed by atoms with Gasteiger partial charge in [0.15, 0.2) is 0 Å². The van der Waals surface area contributed by atoms with Crippen LogP contribution in [0.25, 0.3) is 0 Å².